The molecule has 4 heteroatoms. The van der Waals surface area contributed by atoms with Crippen LogP contribution in [0.2, 0.25) is 75.2 Å². The van der Waals surface area contributed by atoms with Crippen LogP contribution >= 0.6 is 0 Å². The van der Waals surface area contributed by atoms with E-state index in [0.29, 0.717) is 0 Å². The van der Waals surface area contributed by atoms with Crippen molar-refractivity contribution >= 4 is 30.9 Å². The Bertz CT molecular complexity index is 270. The zero-order valence-corrected chi connectivity index (χ0v) is 20.9. The molecule has 0 amide bonds. The van der Waals surface area contributed by atoms with Crippen LogP contribution in [0.1, 0.15) is 40.0 Å². The van der Waals surface area contributed by atoms with E-state index >= 15 is 0 Å². The molecule has 0 saturated carbocycles. The lowest BCUT2D eigenvalue weighted by Crippen LogP contribution is -2.54. The summed E-state index contributed by atoms with van der Waals surface area (Å²) in [6.45, 7) is 32.1. The first kappa shape index (κ1) is 22.7. The third-order valence-electron chi connectivity index (χ3n) is 6.05. The van der Waals surface area contributed by atoms with E-state index < -0.39 is 24.2 Å². The van der Waals surface area contributed by atoms with E-state index in [1.165, 1.54) is 19.3 Å². The zero-order valence-electron chi connectivity index (χ0n) is 17.9. The van der Waals surface area contributed by atoms with Gasteiger partial charge in [-0.1, -0.05) is 115 Å². The highest BCUT2D eigenvalue weighted by molar-refractivity contribution is 7.03. The second-order valence-corrected chi connectivity index (χ2v) is 27.1. The van der Waals surface area contributed by atoms with Crippen LogP contribution in [0.4, 0.5) is 0 Å². The fraction of sp³-hybridized carbons (Fsp3) is 1.00. The van der Waals surface area contributed by atoms with Gasteiger partial charge in [0, 0.05) is 24.2 Å². The smallest absolute Gasteiger partial charge is 0.0698 e. The van der Waals surface area contributed by atoms with Crippen molar-refractivity contribution in [3.63, 3.8) is 0 Å². The minimum atomic E-state index is -1.12. The molecule has 0 aliphatic rings. The van der Waals surface area contributed by atoms with Crippen molar-refractivity contribution in [1.82, 2.24) is 0 Å². The van der Waals surface area contributed by atoms with Crippen molar-refractivity contribution in [3.05, 3.63) is 0 Å². The van der Waals surface area contributed by atoms with Crippen LogP contribution in [-0.2, 0) is 0 Å². The molecule has 0 aromatic carbocycles. The van der Waals surface area contributed by atoms with E-state index in [9.17, 15) is 0 Å². The highest BCUT2D eigenvalue weighted by Crippen LogP contribution is 2.48. The van der Waals surface area contributed by atoms with Crippen molar-refractivity contribution in [3.8, 4) is 0 Å². The lowest BCUT2D eigenvalue weighted by atomic mass is 9.39. The Kier molecular flexibility index (Phi) is 8.46. The predicted octanol–water partition coefficient (Wildman–Crippen LogP) is 7.45. The normalized spacial score (nSPS) is 18.0. The van der Waals surface area contributed by atoms with Gasteiger partial charge < -0.3 is 0 Å². The molecule has 0 rings (SSSR count). The maximum atomic E-state index is 2.63. The fourth-order valence-corrected chi connectivity index (χ4v) is 14.3. The first-order valence-electron chi connectivity index (χ1n) is 9.71. The minimum absolute atomic E-state index is 0.991. The Morgan fingerprint density at radius 1 is 0.500 bits per heavy atom. The molecule has 0 bridgehead atoms. The Hall–Kier alpha value is 0.716. The molecule has 0 nitrogen and oxygen atoms in total. The molecular formula is C18H45BSi3. The molecule has 0 aliphatic carbocycles. The predicted molar refractivity (Wildman–Crippen MR) is 118 cm³/mol. The summed E-state index contributed by atoms with van der Waals surface area (Å²) in [7, 11) is -3.36. The van der Waals surface area contributed by atoms with E-state index in [0.717, 1.165) is 23.0 Å². The summed E-state index contributed by atoms with van der Waals surface area (Å²) in [5.74, 6) is 0. The molecule has 0 heterocycles. The zero-order chi connectivity index (χ0) is 17.9. The van der Waals surface area contributed by atoms with Gasteiger partial charge in [-0.05, 0) is 0 Å². The van der Waals surface area contributed by atoms with Gasteiger partial charge in [-0.3, -0.25) is 0 Å². The van der Waals surface area contributed by atoms with Gasteiger partial charge in [-0.2, -0.15) is 0 Å². The lowest BCUT2D eigenvalue weighted by molar-refractivity contribution is 0.840. The monoisotopic (exact) mass is 356 g/mol. The van der Waals surface area contributed by atoms with Crippen molar-refractivity contribution in [1.29, 1.82) is 0 Å². The molecule has 0 radical (unpaired) electrons. The molecule has 0 N–H and O–H groups in total. The number of rotatable bonds is 9. The molecular weight excluding hydrogens is 311 g/mol. The average Bonchev–Trinajstić information content (AvgIpc) is 2.25. The Morgan fingerprint density at radius 3 is 0.773 bits per heavy atom. The number of hydrogen-bond acceptors (Lipinski definition) is 0. The first-order valence-corrected chi connectivity index (χ1v) is 20.4. The molecule has 0 spiro atoms. The van der Waals surface area contributed by atoms with Crippen LogP contribution in [0, 0.1) is 0 Å². The Morgan fingerprint density at radius 2 is 0.682 bits per heavy atom. The van der Waals surface area contributed by atoms with Crippen molar-refractivity contribution < 1.29 is 0 Å². The van der Waals surface area contributed by atoms with E-state index in [1.54, 1.807) is 0 Å². The van der Waals surface area contributed by atoms with Crippen molar-refractivity contribution in [2.75, 3.05) is 0 Å². The topological polar surface area (TPSA) is 0 Å². The molecule has 3 atom stereocenters. The molecule has 0 aromatic heterocycles. The highest BCUT2D eigenvalue weighted by Gasteiger charge is 2.49. The fourth-order valence-electron chi connectivity index (χ4n) is 5.23. The third-order valence-corrected chi connectivity index (χ3v) is 15.1. The molecule has 0 fully saturated rings. The molecule has 22 heavy (non-hydrogen) atoms. The van der Waals surface area contributed by atoms with Gasteiger partial charge in [0.25, 0.3) is 0 Å². The van der Waals surface area contributed by atoms with Crippen molar-refractivity contribution in [2.24, 2.45) is 0 Å². The van der Waals surface area contributed by atoms with Gasteiger partial charge in [0.05, 0.1) is 0 Å². The van der Waals surface area contributed by atoms with Gasteiger partial charge in [0.1, 0.15) is 6.71 Å². The van der Waals surface area contributed by atoms with E-state index in [-0.39, 0.29) is 0 Å². The quantitative estimate of drug-likeness (QED) is 0.376. The summed E-state index contributed by atoms with van der Waals surface area (Å²) < 4.78 is 0. The van der Waals surface area contributed by atoms with E-state index in [2.05, 4.69) is 79.7 Å². The summed E-state index contributed by atoms with van der Waals surface area (Å²) in [4.78, 5) is 0. The largest absolute Gasteiger partial charge is 0.141 e. The first-order chi connectivity index (χ1) is 9.71. The van der Waals surface area contributed by atoms with Crippen LogP contribution in [0.15, 0.2) is 0 Å². The van der Waals surface area contributed by atoms with Gasteiger partial charge in [-0.15, -0.1) is 0 Å². The Labute approximate surface area is 146 Å². The molecule has 0 aliphatic heterocycles. The molecule has 3 unspecified atom stereocenters. The van der Waals surface area contributed by atoms with E-state index in [1.807, 2.05) is 0 Å². The lowest BCUT2D eigenvalue weighted by Gasteiger charge is -2.48. The summed E-state index contributed by atoms with van der Waals surface area (Å²) in [6.07, 6.45) is 4.22. The molecule has 0 aromatic rings. The minimum Gasteiger partial charge on any atom is -0.0698 e. The van der Waals surface area contributed by atoms with Crippen LogP contribution in [0.3, 0.4) is 0 Å². The van der Waals surface area contributed by atoms with Crippen molar-refractivity contribution in [2.45, 2.75) is 115 Å². The van der Waals surface area contributed by atoms with Gasteiger partial charge in [0.2, 0.25) is 0 Å². The van der Waals surface area contributed by atoms with E-state index in [4.69, 9.17) is 0 Å². The SMILES string of the molecule is CCC(B(C(CC)[Si](C)(C)C)C(CC)[Si](C)(C)C)[Si](C)(C)C. The highest BCUT2D eigenvalue weighted by atomic mass is 28.3. The van der Waals surface area contributed by atoms with Crippen LogP contribution in [0.25, 0.3) is 0 Å². The van der Waals surface area contributed by atoms with Crippen LogP contribution < -0.4 is 0 Å². The summed E-state index contributed by atoms with van der Waals surface area (Å²) in [5.41, 5.74) is 3.00. The average molecular weight is 357 g/mol. The second-order valence-electron chi connectivity index (χ2n) is 10.7. The molecule has 132 valence electrons. The van der Waals surface area contributed by atoms with Crippen LogP contribution in [-0.4, -0.2) is 30.9 Å². The Balaban J connectivity index is 6.07. The maximum Gasteiger partial charge on any atom is 0.141 e. The van der Waals surface area contributed by atoms with Gasteiger partial charge >= 0.3 is 0 Å². The number of hydrogen-bond donors (Lipinski definition) is 0. The standard InChI is InChI=1S/C18H45BSi3/c1-13-16(20(4,5)6)19(17(14-2)21(7,8)9)18(15-3)22(10,11)12/h16-18H,13-15H2,1-12H3. The molecule has 0 saturated heterocycles. The maximum absolute atomic E-state index is 2.63. The summed E-state index contributed by atoms with van der Waals surface area (Å²) in [5, 5.41) is 0. The summed E-state index contributed by atoms with van der Waals surface area (Å²) >= 11 is 0. The second kappa shape index (κ2) is 8.20. The van der Waals surface area contributed by atoms with Crippen LogP contribution in [0.5, 0.6) is 0 Å². The van der Waals surface area contributed by atoms with Gasteiger partial charge in [0.15, 0.2) is 0 Å². The summed E-state index contributed by atoms with van der Waals surface area (Å²) in [6, 6.07) is 0. The van der Waals surface area contributed by atoms with Gasteiger partial charge in [-0.25, -0.2) is 0 Å². The third kappa shape index (κ3) is 5.97.